The van der Waals surface area contributed by atoms with Gasteiger partial charge in [-0.3, -0.25) is 14.9 Å². The van der Waals surface area contributed by atoms with Crippen LogP contribution in [0.5, 0.6) is 0 Å². The minimum absolute atomic E-state index is 0.0589. The van der Waals surface area contributed by atoms with Crippen molar-refractivity contribution in [1.29, 1.82) is 0 Å². The van der Waals surface area contributed by atoms with Crippen LogP contribution in [0.1, 0.15) is 18.4 Å². The fraction of sp³-hybridized carbons (Fsp3) is 0.350. The average Bonchev–Trinajstić information content (AvgIpc) is 2.69. The van der Waals surface area contributed by atoms with E-state index in [-0.39, 0.29) is 22.4 Å². The van der Waals surface area contributed by atoms with Crippen molar-refractivity contribution in [2.45, 2.75) is 24.7 Å². The molecule has 0 atom stereocenters. The molecule has 0 radical (unpaired) electrons. The second kappa shape index (κ2) is 8.20. The molecule has 29 heavy (non-hydrogen) atoms. The number of para-hydroxylation sites is 2. The number of anilines is 2. The number of nitrogens with one attached hydrogen (secondary N) is 1. The molecule has 0 aromatic heterocycles. The van der Waals surface area contributed by atoms with E-state index in [1.807, 2.05) is 4.90 Å². The Kier molecular flexibility index (Phi) is 5.88. The van der Waals surface area contributed by atoms with Crippen LogP contribution in [0.25, 0.3) is 0 Å². The third-order valence-corrected chi connectivity index (χ3v) is 6.29. The number of piperidine rings is 1. The lowest BCUT2D eigenvalue weighted by Crippen LogP contribution is -2.38. The number of aryl methyl sites for hydroxylation is 1. The first-order valence-electron chi connectivity index (χ1n) is 9.27. The Labute approximate surface area is 169 Å². The maximum absolute atomic E-state index is 12.7. The zero-order valence-corrected chi connectivity index (χ0v) is 17.1. The molecule has 1 N–H and O–H groups in total. The van der Waals surface area contributed by atoms with Crippen LogP contribution in [0.3, 0.4) is 0 Å². The topological polar surface area (TPSA) is 110 Å². The quantitative estimate of drug-likeness (QED) is 0.591. The Hall–Kier alpha value is -2.94. The van der Waals surface area contributed by atoms with Crippen LogP contribution in [0, 0.1) is 23.0 Å². The molecule has 9 heteroatoms. The molecule has 0 unspecified atom stereocenters. The molecule has 1 amide bonds. The van der Waals surface area contributed by atoms with E-state index in [2.05, 4.69) is 5.32 Å². The van der Waals surface area contributed by atoms with Crippen molar-refractivity contribution in [1.82, 2.24) is 0 Å². The van der Waals surface area contributed by atoms with Crippen molar-refractivity contribution in [2.75, 3.05) is 29.6 Å². The fourth-order valence-electron chi connectivity index (χ4n) is 3.47. The molecule has 1 saturated heterocycles. The maximum Gasteiger partial charge on any atom is 0.292 e. The lowest BCUT2D eigenvalue weighted by atomic mass is 9.95. The van der Waals surface area contributed by atoms with E-state index in [0.717, 1.165) is 11.8 Å². The molecule has 0 spiro atoms. The molecule has 1 aliphatic heterocycles. The predicted molar refractivity (Wildman–Crippen MR) is 111 cm³/mol. The number of nitro groups is 1. The van der Waals surface area contributed by atoms with E-state index < -0.39 is 14.8 Å². The zero-order chi connectivity index (χ0) is 21.2. The highest BCUT2D eigenvalue weighted by Crippen LogP contribution is 2.31. The van der Waals surface area contributed by atoms with Gasteiger partial charge in [-0.15, -0.1) is 0 Å². The Bertz CT molecular complexity index is 1040. The van der Waals surface area contributed by atoms with Gasteiger partial charge in [0.25, 0.3) is 5.69 Å². The predicted octanol–water partition coefficient (Wildman–Crippen LogP) is 3.16. The normalized spacial score (nSPS) is 15.2. The Morgan fingerprint density at radius 1 is 1.17 bits per heavy atom. The van der Waals surface area contributed by atoms with Crippen LogP contribution < -0.4 is 10.2 Å². The minimum atomic E-state index is -3.36. The van der Waals surface area contributed by atoms with Crippen LogP contribution >= 0.6 is 0 Å². The first-order valence-corrected chi connectivity index (χ1v) is 11.2. The van der Waals surface area contributed by atoms with Crippen LogP contribution in [0.2, 0.25) is 0 Å². The molecule has 0 aliphatic carbocycles. The Balaban J connectivity index is 1.68. The van der Waals surface area contributed by atoms with E-state index in [9.17, 15) is 23.3 Å². The van der Waals surface area contributed by atoms with Gasteiger partial charge >= 0.3 is 0 Å². The minimum Gasteiger partial charge on any atom is -0.366 e. The third kappa shape index (κ3) is 4.73. The largest absolute Gasteiger partial charge is 0.366 e. The van der Waals surface area contributed by atoms with Crippen LogP contribution in [0.4, 0.5) is 17.1 Å². The number of carbonyl (C=O) groups is 1. The van der Waals surface area contributed by atoms with Crippen molar-refractivity contribution in [3.63, 3.8) is 0 Å². The van der Waals surface area contributed by atoms with E-state index in [4.69, 9.17) is 0 Å². The van der Waals surface area contributed by atoms with E-state index >= 15 is 0 Å². The van der Waals surface area contributed by atoms with Gasteiger partial charge in [-0.1, -0.05) is 18.2 Å². The second-order valence-corrected chi connectivity index (χ2v) is 9.26. The summed E-state index contributed by atoms with van der Waals surface area (Å²) >= 11 is 0. The van der Waals surface area contributed by atoms with Crippen LogP contribution in [-0.4, -0.2) is 38.6 Å². The van der Waals surface area contributed by atoms with Crippen molar-refractivity contribution < 1.29 is 18.1 Å². The highest BCUT2D eigenvalue weighted by atomic mass is 32.2. The third-order valence-electron chi connectivity index (χ3n) is 5.18. The lowest BCUT2D eigenvalue weighted by Gasteiger charge is -2.32. The first kappa shape index (κ1) is 20.8. The molecule has 8 nitrogen and oxygen atoms in total. The van der Waals surface area contributed by atoms with Gasteiger partial charge in [0.2, 0.25) is 5.91 Å². The van der Waals surface area contributed by atoms with Crippen LogP contribution in [0.15, 0.2) is 47.4 Å². The van der Waals surface area contributed by atoms with Gasteiger partial charge in [0, 0.05) is 37.0 Å². The van der Waals surface area contributed by atoms with Crippen molar-refractivity contribution in [3.8, 4) is 0 Å². The molecule has 2 aromatic rings. The number of hydrogen-bond donors (Lipinski definition) is 1. The summed E-state index contributed by atoms with van der Waals surface area (Å²) in [6.45, 7) is 2.87. The average molecular weight is 417 g/mol. The maximum atomic E-state index is 12.7. The number of hydrogen-bond acceptors (Lipinski definition) is 6. The van der Waals surface area contributed by atoms with Gasteiger partial charge in [0.05, 0.1) is 9.82 Å². The molecular formula is C20H23N3O5S. The van der Waals surface area contributed by atoms with E-state index in [1.54, 1.807) is 31.2 Å². The van der Waals surface area contributed by atoms with Gasteiger partial charge in [0.15, 0.2) is 9.84 Å². The summed E-state index contributed by atoms with van der Waals surface area (Å²) < 4.78 is 23.5. The first-order chi connectivity index (χ1) is 13.7. The summed E-state index contributed by atoms with van der Waals surface area (Å²) in [7, 11) is -3.36. The van der Waals surface area contributed by atoms with Gasteiger partial charge < -0.3 is 10.2 Å². The monoisotopic (exact) mass is 417 g/mol. The summed E-state index contributed by atoms with van der Waals surface area (Å²) in [5.74, 6) is -0.406. The smallest absolute Gasteiger partial charge is 0.292 e. The molecule has 154 valence electrons. The number of nitro benzene ring substituents is 1. The SMILES string of the molecule is Cc1ccc(S(C)(=O)=O)cc1NC(=O)C1CCN(c2ccccc2[N+](=O)[O-])CC1. The summed E-state index contributed by atoms with van der Waals surface area (Å²) in [5.41, 5.74) is 1.89. The van der Waals surface area contributed by atoms with Gasteiger partial charge in [0.1, 0.15) is 5.69 Å². The summed E-state index contributed by atoms with van der Waals surface area (Å²) in [5, 5.41) is 14.1. The van der Waals surface area contributed by atoms with Crippen LogP contribution in [-0.2, 0) is 14.6 Å². The van der Waals surface area contributed by atoms with E-state index in [0.29, 0.717) is 37.3 Å². The molecule has 2 aromatic carbocycles. The number of nitrogens with zero attached hydrogens (tertiary/aromatic N) is 2. The number of amides is 1. The summed E-state index contributed by atoms with van der Waals surface area (Å²) in [6, 6.07) is 11.3. The Morgan fingerprint density at radius 2 is 1.83 bits per heavy atom. The number of sulfone groups is 1. The fourth-order valence-corrected chi connectivity index (χ4v) is 4.12. The zero-order valence-electron chi connectivity index (χ0n) is 16.3. The van der Waals surface area contributed by atoms with Crippen molar-refractivity contribution in [3.05, 3.63) is 58.1 Å². The highest BCUT2D eigenvalue weighted by molar-refractivity contribution is 7.90. The molecule has 1 heterocycles. The van der Waals surface area contributed by atoms with Crippen molar-refractivity contribution in [2.24, 2.45) is 5.92 Å². The molecule has 0 bridgehead atoms. The Morgan fingerprint density at radius 3 is 2.45 bits per heavy atom. The molecule has 1 fully saturated rings. The summed E-state index contributed by atoms with van der Waals surface area (Å²) in [4.78, 5) is 25.6. The second-order valence-electron chi connectivity index (χ2n) is 7.25. The van der Waals surface area contributed by atoms with Gasteiger partial charge in [-0.25, -0.2) is 8.42 Å². The van der Waals surface area contributed by atoms with Gasteiger partial charge in [-0.2, -0.15) is 0 Å². The lowest BCUT2D eigenvalue weighted by molar-refractivity contribution is -0.384. The highest BCUT2D eigenvalue weighted by Gasteiger charge is 2.28. The summed E-state index contributed by atoms with van der Waals surface area (Å²) in [6.07, 6.45) is 2.24. The molecular weight excluding hydrogens is 394 g/mol. The standard InChI is InChI=1S/C20H23N3O5S/c1-14-7-8-16(29(2,27)28)13-17(14)21-20(24)15-9-11-22(12-10-15)18-5-3-4-6-19(18)23(25)26/h3-8,13,15H,9-12H2,1-2H3,(H,21,24). The molecule has 1 aliphatic rings. The van der Waals surface area contributed by atoms with E-state index in [1.165, 1.54) is 18.2 Å². The molecule has 3 rings (SSSR count). The number of benzene rings is 2. The van der Waals surface area contributed by atoms with Gasteiger partial charge in [-0.05, 0) is 43.5 Å². The molecule has 0 saturated carbocycles. The number of rotatable bonds is 5. The van der Waals surface area contributed by atoms with Crippen molar-refractivity contribution >= 4 is 32.8 Å². The number of carbonyl (C=O) groups excluding carboxylic acids is 1.